The van der Waals surface area contributed by atoms with Crippen molar-refractivity contribution in [3.05, 3.63) is 12.2 Å². The van der Waals surface area contributed by atoms with Gasteiger partial charge in [0.25, 0.3) is 0 Å². The summed E-state index contributed by atoms with van der Waals surface area (Å²) in [5.74, 6) is 5.95. The molecule has 4 aliphatic rings. The number of hydrogen-bond acceptors (Lipinski definition) is 2. The van der Waals surface area contributed by atoms with Crippen LogP contribution >= 0.6 is 12.6 Å². The molecular weight excluding hydrogens is 346 g/mol. The van der Waals surface area contributed by atoms with Gasteiger partial charge in [0.1, 0.15) is 0 Å². The zero-order chi connectivity index (χ0) is 19.4. The van der Waals surface area contributed by atoms with Crippen molar-refractivity contribution in [1.82, 2.24) is 0 Å². The lowest BCUT2D eigenvalue weighted by atomic mass is 9.52. The Morgan fingerprint density at radius 3 is 2.48 bits per heavy atom. The minimum Gasteiger partial charge on any atom is -0.328 e. The first-order chi connectivity index (χ1) is 12.7. The van der Waals surface area contributed by atoms with Gasteiger partial charge < -0.3 is 5.73 Å². The van der Waals surface area contributed by atoms with E-state index in [-0.39, 0.29) is 4.75 Å². The third-order valence-corrected chi connectivity index (χ3v) is 10.2. The molecule has 0 amide bonds. The summed E-state index contributed by atoms with van der Waals surface area (Å²) in [5, 5.41) is 0. The molecule has 0 saturated heterocycles. The van der Waals surface area contributed by atoms with E-state index in [2.05, 4.69) is 39.8 Å². The molecule has 0 bridgehead atoms. The van der Waals surface area contributed by atoms with Crippen LogP contribution in [0, 0.1) is 46.8 Å². The quantitative estimate of drug-likeness (QED) is 0.417. The zero-order valence-electron chi connectivity index (χ0n) is 18.2. The molecule has 9 atom stereocenters. The van der Waals surface area contributed by atoms with Gasteiger partial charge in [-0.15, -0.1) is 0 Å². The Morgan fingerprint density at radius 1 is 1.00 bits per heavy atom. The van der Waals surface area contributed by atoms with Gasteiger partial charge in [0.05, 0.1) is 0 Å². The third kappa shape index (κ3) is 3.67. The summed E-state index contributed by atoms with van der Waals surface area (Å²) in [4.78, 5) is 0. The maximum atomic E-state index is 6.03. The number of rotatable bonds is 4. The van der Waals surface area contributed by atoms with Crippen molar-refractivity contribution in [3.63, 3.8) is 0 Å². The molecule has 0 aromatic heterocycles. The van der Waals surface area contributed by atoms with Gasteiger partial charge in [0.15, 0.2) is 0 Å². The fourth-order valence-corrected chi connectivity index (χ4v) is 8.35. The predicted octanol–water partition coefficient (Wildman–Crippen LogP) is 6.48. The van der Waals surface area contributed by atoms with Gasteiger partial charge in [0, 0.05) is 10.8 Å². The standard InChI is InChI=1S/C25H43NS/c1-16(5-6-17(2)26)19-9-10-21-20(19)11-12-23-22(21)8-7-18-15-24(3,4)13-14-25(18,23)27/h11-12,16-23,27H,5-10,13-15,26H2,1-4H3. The second-order valence-corrected chi connectivity index (χ2v) is 12.6. The molecular formula is C25H43NS. The van der Waals surface area contributed by atoms with Crippen molar-refractivity contribution < 1.29 is 0 Å². The average Bonchev–Trinajstić information content (AvgIpc) is 3.04. The van der Waals surface area contributed by atoms with Crippen LogP contribution < -0.4 is 5.73 Å². The summed E-state index contributed by atoms with van der Waals surface area (Å²) in [6.07, 6.45) is 17.7. The highest BCUT2D eigenvalue weighted by Crippen LogP contribution is 2.63. The van der Waals surface area contributed by atoms with Crippen LogP contribution in [0.15, 0.2) is 12.2 Å². The van der Waals surface area contributed by atoms with E-state index < -0.39 is 0 Å². The Balaban J connectivity index is 1.50. The van der Waals surface area contributed by atoms with Crippen molar-refractivity contribution >= 4 is 12.6 Å². The van der Waals surface area contributed by atoms with Crippen LogP contribution in [0.1, 0.15) is 85.5 Å². The number of fused-ring (bicyclic) bond motifs is 5. The number of thiol groups is 1. The largest absolute Gasteiger partial charge is 0.328 e. The Kier molecular flexibility index (Phi) is 5.56. The molecule has 0 heterocycles. The summed E-state index contributed by atoms with van der Waals surface area (Å²) in [6, 6.07) is 0.353. The first-order valence-corrected chi connectivity index (χ1v) is 12.3. The smallest absolute Gasteiger partial charge is 0.0223 e. The van der Waals surface area contributed by atoms with Gasteiger partial charge >= 0.3 is 0 Å². The van der Waals surface area contributed by atoms with Gasteiger partial charge in [-0.1, -0.05) is 32.9 Å². The average molecular weight is 390 g/mol. The molecule has 154 valence electrons. The van der Waals surface area contributed by atoms with Gasteiger partial charge in [-0.2, -0.15) is 12.6 Å². The van der Waals surface area contributed by atoms with E-state index in [0.717, 1.165) is 41.4 Å². The topological polar surface area (TPSA) is 26.0 Å². The van der Waals surface area contributed by atoms with Crippen LogP contribution in [0.25, 0.3) is 0 Å². The van der Waals surface area contributed by atoms with Gasteiger partial charge in [-0.25, -0.2) is 0 Å². The Hall–Kier alpha value is 0.0500. The van der Waals surface area contributed by atoms with Crippen LogP contribution in [0.5, 0.6) is 0 Å². The molecule has 4 rings (SSSR count). The SMILES string of the molecule is CC(N)CCC(C)C1CCC2C1C=CC1C2CCC2CC(C)(C)CCC21S. The van der Waals surface area contributed by atoms with Crippen molar-refractivity contribution in [2.75, 3.05) is 0 Å². The Labute approximate surface area is 173 Å². The number of hydrogen-bond donors (Lipinski definition) is 2. The maximum absolute atomic E-state index is 6.03. The second-order valence-electron chi connectivity index (χ2n) is 11.7. The van der Waals surface area contributed by atoms with Crippen LogP contribution in [-0.2, 0) is 0 Å². The molecule has 0 spiro atoms. The molecule has 1 nitrogen and oxygen atoms in total. The summed E-state index contributed by atoms with van der Waals surface area (Å²) in [5.41, 5.74) is 6.56. The Morgan fingerprint density at radius 2 is 1.74 bits per heavy atom. The first kappa shape index (κ1) is 20.3. The lowest BCUT2D eigenvalue weighted by Crippen LogP contribution is -2.54. The third-order valence-electron chi connectivity index (χ3n) is 9.32. The van der Waals surface area contributed by atoms with Crippen LogP contribution in [0.4, 0.5) is 0 Å². The summed E-state index contributed by atoms with van der Waals surface area (Å²) in [6.45, 7) is 9.61. The molecule has 2 N–H and O–H groups in total. The van der Waals surface area contributed by atoms with Gasteiger partial charge in [0.2, 0.25) is 0 Å². The number of allylic oxidation sites excluding steroid dienone is 2. The second kappa shape index (κ2) is 7.38. The van der Waals surface area contributed by atoms with Crippen LogP contribution in [-0.4, -0.2) is 10.8 Å². The molecule has 0 aromatic rings. The molecule has 0 radical (unpaired) electrons. The van der Waals surface area contributed by atoms with Gasteiger partial charge in [-0.05, 0) is 112 Å². The van der Waals surface area contributed by atoms with E-state index in [9.17, 15) is 0 Å². The van der Waals surface area contributed by atoms with Crippen molar-refractivity contribution in [2.24, 2.45) is 52.6 Å². The molecule has 4 aliphatic carbocycles. The van der Waals surface area contributed by atoms with E-state index in [0.29, 0.717) is 11.5 Å². The monoisotopic (exact) mass is 389 g/mol. The summed E-state index contributed by atoms with van der Waals surface area (Å²) < 4.78 is 0.276. The van der Waals surface area contributed by atoms with E-state index >= 15 is 0 Å². The molecule has 3 fully saturated rings. The van der Waals surface area contributed by atoms with Crippen molar-refractivity contribution in [1.29, 1.82) is 0 Å². The minimum absolute atomic E-state index is 0.276. The lowest BCUT2D eigenvalue weighted by molar-refractivity contribution is 0.0212. The van der Waals surface area contributed by atoms with E-state index in [1.54, 1.807) is 0 Å². The summed E-state index contributed by atoms with van der Waals surface area (Å²) >= 11 is 5.46. The first-order valence-electron chi connectivity index (χ1n) is 11.9. The molecule has 3 saturated carbocycles. The number of nitrogens with two attached hydrogens (primary N) is 1. The highest BCUT2D eigenvalue weighted by molar-refractivity contribution is 7.81. The lowest BCUT2D eigenvalue weighted by Gasteiger charge is -2.58. The fourth-order valence-electron chi connectivity index (χ4n) is 7.74. The van der Waals surface area contributed by atoms with E-state index in [4.69, 9.17) is 18.4 Å². The highest BCUT2D eigenvalue weighted by Gasteiger charge is 2.56. The minimum atomic E-state index is 0.276. The highest BCUT2D eigenvalue weighted by atomic mass is 32.1. The maximum Gasteiger partial charge on any atom is 0.0223 e. The van der Waals surface area contributed by atoms with Gasteiger partial charge in [-0.3, -0.25) is 0 Å². The predicted molar refractivity (Wildman–Crippen MR) is 120 cm³/mol. The van der Waals surface area contributed by atoms with E-state index in [1.165, 1.54) is 57.8 Å². The normalized spacial score (nSPS) is 47.6. The van der Waals surface area contributed by atoms with Crippen LogP contribution in [0.3, 0.4) is 0 Å². The summed E-state index contributed by atoms with van der Waals surface area (Å²) in [7, 11) is 0. The molecule has 9 unspecified atom stereocenters. The van der Waals surface area contributed by atoms with Crippen LogP contribution in [0.2, 0.25) is 0 Å². The fraction of sp³-hybridized carbons (Fsp3) is 0.920. The molecule has 0 aliphatic heterocycles. The Bertz CT molecular complexity index is 567. The molecule has 2 heteroatoms. The molecule has 0 aromatic carbocycles. The van der Waals surface area contributed by atoms with E-state index in [1.807, 2.05) is 0 Å². The molecule has 27 heavy (non-hydrogen) atoms. The zero-order valence-corrected chi connectivity index (χ0v) is 19.1. The van der Waals surface area contributed by atoms with Crippen molar-refractivity contribution in [3.8, 4) is 0 Å². The van der Waals surface area contributed by atoms with Crippen molar-refractivity contribution in [2.45, 2.75) is 96.3 Å².